The number of hydrogen-bond acceptors (Lipinski definition) is 2. The van der Waals surface area contributed by atoms with E-state index in [1.54, 1.807) is 0 Å². The van der Waals surface area contributed by atoms with Gasteiger partial charge in [0, 0.05) is 5.92 Å². The summed E-state index contributed by atoms with van der Waals surface area (Å²) in [6.45, 7) is 2.59. The SMILES string of the molecule is C[C@]12CC[C@@H](O)C[C@@H]1CCC1C3CC[C@@H]4[C@@H](C#N)CCC[C@]34CCC12. The maximum absolute atomic E-state index is 10.2. The summed E-state index contributed by atoms with van der Waals surface area (Å²) in [4.78, 5) is 0. The van der Waals surface area contributed by atoms with Gasteiger partial charge in [-0.2, -0.15) is 5.26 Å². The smallest absolute Gasteiger partial charge is 0.0658 e. The van der Waals surface area contributed by atoms with Crippen LogP contribution in [0.15, 0.2) is 0 Å². The minimum absolute atomic E-state index is 0.0323. The predicted octanol–water partition coefficient (Wildman–Crippen LogP) is 5.31. The first kappa shape index (κ1) is 16.6. The molecule has 5 aliphatic carbocycles. The van der Waals surface area contributed by atoms with E-state index in [9.17, 15) is 10.4 Å². The largest absolute Gasteiger partial charge is 0.393 e. The lowest BCUT2D eigenvalue weighted by Gasteiger charge is -2.62. The fourth-order valence-electron chi connectivity index (χ4n) is 9.19. The Balaban J connectivity index is 1.45. The van der Waals surface area contributed by atoms with E-state index >= 15 is 0 Å². The number of nitrogens with zero attached hydrogens (tertiary/aromatic N) is 1. The van der Waals surface area contributed by atoms with E-state index in [-0.39, 0.29) is 6.10 Å². The van der Waals surface area contributed by atoms with Crippen molar-refractivity contribution in [2.75, 3.05) is 0 Å². The van der Waals surface area contributed by atoms with E-state index in [2.05, 4.69) is 13.0 Å². The average molecular weight is 342 g/mol. The topological polar surface area (TPSA) is 44.0 Å². The normalized spacial score (nSPS) is 57.6. The van der Waals surface area contributed by atoms with Crippen LogP contribution in [0.5, 0.6) is 0 Å². The van der Waals surface area contributed by atoms with E-state index in [1.165, 1.54) is 64.2 Å². The number of aliphatic hydroxyl groups excluding tert-OH is 1. The standard InChI is InChI=1S/C23H35NO/c1-22-11-8-17(25)13-16(22)4-5-18-20(22)9-12-23-10-2-3-15(14-24)19(23)6-7-21(18)23/h15-21,25H,2-13H2,1H3/t15-,16+,17-,18?,19-,20?,21?,22+,23-/m1/s1. The second kappa shape index (κ2) is 5.72. The van der Waals surface area contributed by atoms with Gasteiger partial charge in [-0.15, -0.1) is 0 Å². The Hall–Kier alpha value is -0.550. The molecule has 0 saturated heterocycles. The summed E-state index contributed by atoms with van der Waals surface area (Å²) in [5.41, 5.74) is 1.03. The molecule has 5 aliphatic rings. The molecule has 0 bridgehead atoms. The number of aliphatic hydroxyl groups is 1. The van der Waals surface area contributed by atoms with E-state index in [1.807, 2.05) is 0 Å². The highest BCUT2D eigenvalue weighted by Gasteiger charge is 2.63. The first-order valence-electron chi connectivity index (χ1n) is 11.2. The summed E-state index contributed by atoms with van der Waals surface area (Å²) in [6, 6.07) is 2.71. The molecule has 5 fully saturated rings. The monoisotopic (exact) mass is 341 g/mol. The third kappa shape index (κ3) is 2.17. The van der Waals surface area contributed by atoms with Crippen molar-refractivity contribution in [1.29, 1.82) is 5.26 Å². The Bertz CT molecular complexity index is 581. The molecule has 25 heavy (non-hydrogen) atoms. The molecule has 5 rings (SSSR count). The van der Waals surface area contributed by atoms with Gasteiger partial charge in [0.15, 0.2) is 0 Å². The van der Waals surface area contributed by atoms with E-state index in [0.717, 1.165) is 42.4 Å². The Morgan fingerprint density at radius 1 is 0.880 bits per heavy atom. The molecule has 0 aromatic rings. The van der Waals surface area contributed by atoms with Crippen LogP contribution >= 0.6 is 0 Å². The van der Waals surface area contributed by atoms with Gasteiger partial charge in [-0.1, -0.05) is 13.3 Å². The van der Waals surface area contributed by atoms with Crippen LogP contribution in [-0.2, 0) is 0 Å². The zero-order chi connectivity index (χ0) is 17.2. The number of fused-ring (bicyclic) bond motifs is 4. The molecule has 0 amide bonds. The van der Waals surface area contributed by atoms with Gasteiger partial charge in [-0.3, -0.25) is 0 Å². The lowest BCUT2D eigenvalue weighted by Crippen LogP contribution is -2.55. The highest BCUT2D eigenvalue weighted by atomic mass is 16.3. The van der Waals surface area contributed by atoms with Crippen molar-refractivity contribution in [3.8, 4) is 6.07 Å². The molecule has 0 radical (unpaired) electrons. The molecule has 9 atom stereocenters. The zero-order valence-electron chi connectivity index (χ0n) is 15.9. The fourth-order valence-corrected chi connectivity index (χ4v) is 9.19. The molecule has 5 saturated carbocycles. The van der Waals surface area contributed by atoms with Gasteiger partial charge in [0.2, 0.25) is 0 Å². The molecule has 2 heteroatoms. The zero-order valence-corrected chi connectivity index (χ0v) is 15.9. The maximum atomic E-state index is 10.2. The molecule has 0 heterocycles. The van der Waals surface area contributed by atoms with Crippen LogP contribution in [-0.4, -0.2) is 11.2 Å². The Kier molecular flexibility index (Phi) is 3.80. The van der Waals surface area contributed by atoms with Crippen LogP contribution in [0.1, 0.15) is 84.0 Å². The quantitative estimate of drug-likeness (QED) is 0.649. The number of hydrogen-bond donors (Lipinski definition) is 1. The Morgan fingerprint density at radius 3 is 2.56 bits per heavy atom. The van der Waals surface area contributed by atoms with E-state index in [0.29, 0.717) is 16.7 Å². The highest BCUT2D eigenvalue weighted by Crippen LogP contribution is 2.70. The molecule has 1 N–H and O–H groups in total. The summed E-state index contributed by atoms with van der Waals surface area (Å²) in [6.07, 6.45) is 15.5. The van der Waals surface area contributed by atoms with E-state index < -0.39 is 0 Å². The first-order chi connectivity index (χ1) is 12.1. The predicted molar refractivity (Wildman–Crippen MR) is 98.5 cm³/mol. The summed E-state index contributed by atoms with van der Waals surface area (Å²) >= 11 is 0. The van der Waals surface area contributed by atoms with Crippen molar-refractivity contribution in [3.05, 3.63) is 0 Å². The molecule has 3 unspecified atom stereocenters. The third-order valence-corrected chi connectivity index (χ3v) is 10.2. The van der Waals surface area contributed by atoms with Gasteiger partial charge in [0.1, 0.15) is 0 Å². The van der Waals surface area contributed by atoms with Gasteiger partial charge in [-0.05, 0) is 111 Å². The van der Waals surface area contributed by atoms with Crippen molar-refractivity contribution in [2.45, 2.75) is 90.1 Å². The highest BCUT2D eigenvalue weighted by molar-refractivity contribution is 5.14. The minimum Gasteiger partial charge on any atom is -0.393 e. The molecule has 0 aromatic carbocycles. The Morgan fingerprint density at radius 2 is 1.72 bits per heavy atom. The van der Waals surface area contributed by atoms with Crippen LogP contribution in [0.3, 0.4) is 0 Å². The Labute approximate surface area is 153 Å². The van der Waals surface area contributed by atoms with Gasteiger partial charge in [0.05, 0.1) is 12.2 Å². The van der Waals surface area contributed by atoms with Crippen LogP contribution in [0.2, 0.25) is 0 Å². The van der Waals surface area contributed by atoms with Crippen molar-refractivity contribution in [2.24, 2.45) is 46.3 Å². The number of rotatable bonds is 0. The molecule has 2 nitrogen and oxygen atoms in total. The van der Waals surface area contributed by atoms with Gasteiger partial charge >= 0.3 is 0 Å². The molecule has 0 aromatic heterocycles. The summed E-state index contributed by atoms with van der Waals surface area (Å²) in [5.74, 6) is 4.57. The number of nitriles is 1. The minimum atomic E-state index is -0.0323. The average Bonchev–Trinajstić information content (AvgIpc) is 3.02. The van der Waals surface area contributed by atoms with Crippen LogP contribution in [0.25, 0.3) is 0 Å². The lowest BCUT2D eigenvalue weighted by atomic mass is 9.43. The van der Waals surface area contributed by atoms with Gasteiger partial charge < -0.3 is 5.11 Å². The van der Waals surface area contributed by atoms with Crippen LogP contribution < -0.4 is 0 Å². The molecular formula is C23H35NO. The van der Waals surface area contributed by atoms with Gasteiger partial charge in [-0.25, -0.2) is 0 Å². The first-order valence-corrected chi connectivity index (χ1v) is 11.2. The molecular weight excluding hydrogens is 306 g/mol. The molecule has 1 spiro atoms. The summed E-state index contributed by atoms with van der Waals surface area (Å²) in [5, 5.41) is 19.9. The van der Waals surface area contributed by atoms with E-state index in [4.69, 9.17) is 0 Å². The second-order valence-corrected chi connectivity index (χ2v) is 10.7. The van der Waals surface area contributed by atoms with Crippen molar-refractivity contribution >= 4 is 0 Å². The van der Waals surface area contributed by atoms with Crippen molar-refractivity contribution in [1.82, 2.24) is 0 Å². The summed E-state index contributed by atoms with van der Waals surface area (Å²) < 4.78 is 0. The lowest BCUT2D eigenvalue weighted by molar-refractivity contribution is -0.138. The second-order valence-electron chi connectivity index (χ2n) is 10.7. The van der Waals surface area contributed by atoms with Crippen molar-refractivity contribution < 1.29 is 5.11 Å². The third-order valence-electron chi connectivity index (χ3n) is 10.2. The molecule has 0 aliphatic heterocycles. The maximum Gasteiger partial charge on any atom is 0.0658 e. The summed E-state index contributed by atoms with van der Waals surface area (Å²) in [7, 11) is 0. The molecule has 138 valence electrons. The van der Waals surface area contributed by atoms with Crippen LogP contribution in [0, 0.1) is 57.7 Å². The van der Waals surface area contributed by atoms with Crippen molar-refractivity contribution in [3.63, 3.8) is 0 Å². The van der Waals surface area contributed by atoms with Crippen LogP contribution in [0.4, 0.5) is 0 Å². The van der Waals surface area contributed by atoms with Gasteiger partial charge in [0.25, 0.3) is 0 Å². The fraction of sp³-hybridized carbons (Fsp3) is 0.957.